The van der Waals surface area contributed by atoms with Gasteiger partial charge in [0.25, 0.3) is 0 Å². The first-order valence-electron chi connectivity index (χ1n) is 5.67. The topological polar surface area (TPSA) is 114 Å². The van der Waals surface area contributed by atoms with Gasteiger partial charge in [0.15, 0.2) is 9.84 Å². The van der Waals surface area contributed by atoms with Crippen molar-refractivity contribution >= 4 is 27.2 Å². The Morgan fingerprint density at radius 1 is 1.42 bits per heavy atom. The van der Waals surface area contributed by atoms with E-state index < -0.39 is 14.8 Å². The van der Waals surface area contributed by atoms with E-state index in [0.717, 1.165) is 0 Å². The Hall–Kier alpha value is -1.90. The average Bonchev–Trinajstić information content (AvgIpc) is 2.38. The van der Waals surface area contributed by atoms with Crippen LogP contribution in [0.1, 0.15) is 6.92 Å². The van der Waals surface area contributed by atoms with Crippen molar-refractivity contribution in [1.29, 1.82) is 0 Å². The van der Waals surface area contributed by atoms with Crippen LogP contribution >= 0.6 is 0 Å². The molecule has 0 aromatic carbocycles. The molecule has 1 heterocycles. The fourth-order valence-corrected chi connectivity index (χ4v) is 2.04. The Balaban J connectivity index is 2.84. The molecule has 0 unspecified atom stereocenters. The second-order valence-electron chi connectivity index (χ2n) is 3.73. The second kappa shape index (κ2) is 6.32. The van der Waals surface area contributed by atoms with Gasteiger partial charge in [-0.2, -0.15) is 0 Å². The minimum absolute atomic E-state index is 0.0424. The first kappa shape index (κ1) is 15.2. The zero-order valence-corrected chi connectivity index (χ0v) is 11.5. The Bertz CT molecular complexity index is 559. The number of nitrogens with one attached hydrogen (secondary N) is 2. The van der Waals surface area contributed by atoms with E-state index in [-0.39, 0.29) is 29.6 Å². The van der Waals surface area contributed by atoms with Crippen molar-refractivity contribution < 1.29 is 13.3 Å². The number of pyridine rings is 1. The maximum Gasteiger partial charge on any atom is 0.311 e. The first-order chi connectivity index (χ1) is 8.89. The molecule has 0 aliphatic rings. The number of nitro groups is 1. The van der Waals surface area contributed by atoms with Gasteiger partial charge in [0.05, 0.1) is 10.7 Å². The Morgan fingerprint density at radius 2 is 2.11 bits per heavy atom. The van der Waals surface area contributed by atoms with E-state index in [0.29, 0.717) is 5.82 Å². The van der Waals surface area contributed by atoms with Gasteiger partial charge < -0.3 is 10.6 Å². The number of anilines is 2. The summed E-state index contributed by atoms with van der Waals surface area (Å²) < 4.78 is 22.6. The minimum Gasteiger partial charge on any atom is -0.373 e. The normalized spacial score (nSPS) is 11.1. The number of aromatic nitrogens is 1. The summed E-state index contributed by atoms with van der Waals surface area (Å²) in [6.45, 7) is 1.63. The highest BCUT2D eigenvalue weighted by Crippen LogP contribution is 2.23. The molecule has 1 aromatic rings. The van der Waals surface area contributed by atoms with Crippen molar-refractivity contribution in [1.82, 2.24) is 4.98 Å². The van der Waals surface area contributed by atoms with Crippen LogP contribution in [-0.2, 0) is 9.84 Å². The summed E-state index contributed by atoms with van der Waals surface area (Å²) in [6.07, 6.45) is 0. The van der Waals surface area contributed by atoms with E-state index in [1.807, 2.05) is 0 Å². The van der Waals surface area contributed by atoms with Gasteiger partial charge in [0.1, 0.15) is 5.82 Å². The van der Waals surface area contributed by atoms with Crippen molar-refractivity contribution in [3.8, 4) is 0 Å². The highest BCUT2D eigenvalue weighted by atomic mass is 32.2. The molecule has 0 aliphatic heterocycles. The maximum absolute atomic E-state index is 11.3. The second-order valence-corrected chi connectivity index (χ2v) is 6.21. The third-order valence-electron chi connectivity index (χ3n) is 2.47. The van der Waals surface area contributed by atoms with Crippen LogP contribution in [0.4, 0.5) is 17.3 Å². The van der Waals surface area contributed by atoms with Crippen molar-refractivity contribution in [2.45, 2.75) is 6.92 Å². The van der Waals surface area contributed by atoms with Gasteiger partial charge in [-0.3, -0.25) is 10.1 Å². The van der Waals surface area contributed by atoms with E-state index in [2.05, 4.69) is 15.6 Å². The van der Waals surface area contributed by atoms with Crippen LogP contribution in [0.25, 0.3) is 0 Å². The van der Waals surface area contributed by atoms with Gasteiger partial charge >= 0.3 is 5.69 Å². The van der Waals surface area contributed by atoms with Gasteiger partial charge in [-0.15, -0.1) is 0 Å². The van der Waals surface area contributed by atoms with Crippen LogP contribution in [0.15, 0.2) is 12.1 Å². The monoisotopic (exact) mass is 288 g/mol. The van der Waals surface area contributed by atoms with Crippen LogP contribution in [0, 0.1) is 10.1 Å². The van der Waals surface area contributed by atoms with Gasteiger partial charge in [0.2, 0.25) is 5.82 Å². The molecule has 0 atom stereocenters. The van der Waals surface area contributed by atoms with Gasteiger partial charge in [-0.25, -0.2) is 13.4 Å². The maximum atomic E-state index is 11.3. The fraction of sp³-hybridized carbons (Fsp3) is 0.500. The lowest BCUT2D eigenvalue weighted by atomic mass is 10.3. The molecular weight excluding hydrogens is 272 g/mol. The number of hydrogen-bond acceptors (Lipinski definition) is 7. The van der Waals surface area contributed by atoms with Crippen LogP contribution in [0.3, 0.4) is 0 Å². The molecular formula is C10H16N4O4S. The SMILES string of the molecule is CCS(=O)(=O)CCNc1nc(NC)ccc1[N+](=O)[O-]. The summed E-state index contributed by atoms with van der Waals surface area (Å²) in [6, 6.07) is 2.79. The molecule has 1 rings (SSSR count). The van der Waals surface area contributed by atoms with Crippen molar-refractivity contribution in [2.75, 3.05) is 35.7 Å². The lowest BCUT2D eigenvalue weighted by Crippen LogP contribution is -2.18. The average molecular weight is 288 g/mol. The molecule has 0 fully saturated rings. The number of rotatable bonds is 7. The lowest BCUT2D eigenvalue weighted by Gasteiger charge is -2.08. The van der Waals surface area contributed by atoms with E-state index >= 15 is 0 Å². The van der Waals surface area contributed by atoms with Gasteiger partial charge in [0, 0.05) is 25.4 Å². The van der Waals surface area contributed by atoms with Crippen LogP contribution in [0.2, 0.25) is 0 Å². The summed E-state index contributed by atoms with van der Waals surface area (Å²) in [7, 11) is -1.48. The third-order valence-corrected chi connectivity index (χ3v) is 4.18. The molecule has 2 N–H and O–H groups in total. The summed E-state index contributed by atoms with van der Waals surface area (Å²) >= 11 is 0. The Labute approximate surface area is 111 Å². The van der Waals surface area contributed by atoms with Crippen LogP contribution in [0.5, 0.6) is 0 Å². The van der Waals surface area contributed by atoms with E-state index in [4.69, 9.17) is 0 Å². The molecule has 19 heavy (non-hydrogen) atoms. The molecule has 0 amide bonds. The molecule has 106 valence electrons. The molecule has 9 heteroatoms. The zero-order valence-electron chi connectivity index (χ0n) is 10.7. The number of nitrogens with zero attached hydrogens (tertiary/aromatic N) is 2. The van der Waals surface area contributed by atoms with E-state index in [1.54, 1.807) is 14.0 Å². The number of sulfone groups is 1. The van der Waals surface area contributed by atoms with Crippen LogP contribution in [-0.4, -0.2) is 43.4 Å². The molecule has 0 saturated carbocycles. The minimum atomic E-state index is -3.11. The Morgan fingerprint density at radius 3 is 2.63 bits per heavy atom. The van der Waals surface area contributed by atoms with Crippen LogP contribution < -0.4 is 10.6 Å². The summed E-state index contributed by atoms with van der Waals surface area (Å²) in [4.78, 5) is 14.3. The molecule has 1 aromatic heterocycles. The fourth-order valence-electron chi connectivity index (χ4n) is 1.34. The third kappa shape index (κ3) is 4.36. The highest BCUT2D eigenvalue weighted by Gasteiger charge is 2.16. The summed E-state index contributed by atoms with van der Waals surface area (Å²) in [5.41, 5.74) is -0.187. The molecule has 0 spiro atoms. The van der Waals surface area contributed by atoms with E-state index in [9.17, 15) is 18.5 Å². The Kier molecular flexibility index (Phi) is 5.04. The standard InChI is InChI=1S/C10H16N4O4S/c1-3-19(17,18)7-6-12-10-8(14(15)16)4-5-9(11-2)13-10/h4-5H,3,6-7H2,1-2H3,(H2,11,12,13). The first-order valence-corrected chi connectivity index (χ1v) is 7.49. The van der Waals surface area contributed by atoms with Crippen molar-refractivity contribution in [3.63, 3.8) is 0 Å². The molecule has 8 nitrogen and oxygen atoms in total. The molecule has 0 saturated heterocycles. The van der Waals surface area contributed by atoms with Gasteiger partial charge in [-0.05, 0) is 6.07 Å². The van der Waals surface area contributed by atoms with Crippen molar-refractivity contribution in [2.24, 2.45) is 0 Å². The molecule has 0 aliphatic carbocycles. The largest absolute Gasteiger partial charge is 0.373 e. The summed E-state index contributed by atoms with van der Waals surface area (Å²) in [5.74, 6) is 0.474. The van der Waals surface area contributed by atoms with Gasteiger partial charge in [-0.1, -0.05) is 6.92 Å². The molecule has 0 bridgehead atoms. The van der Waals surface area contributed by atoms with Crippen molar-refractivity contribution in [3.05, 3.63) is 22.2 Å². The number of hydrogen-bond donors (Lipinski definition) is 2. The predicted molar refractivity (Wildman–Crippen MR) is 73.3 cm³/mol. The lowest BCUT2D eigenvalue weighted by molar-refractivity contribution is -0.384. The molecule has 0 radical (unpaired) electrons. The smallest absolute Gasteiger partial charge is 0.311 e. The van der Waals surface area contributed by atoms with E-state index in [1.165, 1.54) is 12.1 Å². The quantitative estimate of drug-likeness (QED) is 0.565. The highest BCUT2D eigenvalue weighted by molar-refractivity contribution is 7.91. The zero-order chi connectivity index (χ0) is 14.5. The predicted octanol–water partition coefficient (Wildman–Crippen LogP) is 0.878. The summed E-state index contributed by atoms with van der Waals surface area (Å²) in [5, 5.41) is 16.3.